The molecule has 0 rings (SSSR count). The third-order valence-electron chi connectivity index (χ3n) is 2.47. The monoisotopic (exact) mass is 440 g/mol. The summed E-state index contributed by atoms with van der Waals surface area (Å²) in [5.74, 6) is -22.7. The molecule has 0 amide bonds. The van der Waals surface area contributed by atoms with E-state index in [0.717, 1.165) is 6.92 Å². The van der Waals surface area contributed by atoms with Crippen molar-refractivity contribution in [1.82, 2.24) is 0 Å². The van der Waals surface area contributed by atoms with E-state index in [1.807, 2.05) is 0 Å². The standard InChI is InChI=1S/C8H5Cl2F11O2Si/c1-2-23-3(22)24(9,10)8(20,21)6(15,16)4(11,12)5(13,14)7(17,18)19/h2H2,1H3. The van der Waals surface area contributed by atoms with E-state index >= 15 is 0 Å². The zero-order valence-electron chi connectivity index (χ0n) is 10.9. The van der Waals surface area contributed by atoms with Gasteiger partial charge < -0.3 is 4.74 Å². The van der Waals surface area contributed by atoms with Crippen molar-refractivity contribution in [2.45, 2.75) is 36.4 Å². The van der Waals surface area contributed by atoms with E-state index in [0.29, 0.717) is 0 Å². The molecule has 0 heterocycles. The van der Waals surface area contributed by atoms with Gasteiger partial charge in [0.2, 0.25) is 0 Å². The molecule has 0 atom stereocenters. The van der Waals surface area contributed by atoms with E-state index < -0.39 is 48.4 Å². The second kappa shape index (κ2) is 6.34. The number of halogens is 13. The molecule has 24 heavy (non-hydrogen) atoms. The number of rotatable bonds is 6. The van der Waals surface area contributed by atoms with Gasteiger partial charge in [-0.25, -0.2) is 8.78 Å². The summed E-state index contributed by atoms with van der Waals surface area (Å²) >= 11 is 9.30. The minimum absolute atomic E-state index is 0.802. The van der Waals surface area contributed by atoms with Crippen molar-refractivity contribution >= 4 is 34.4 Å². The van der Waals surface area contributed by atoms with E-state index in [1.54, 1.807) is 0 Å². The Labute approximate surface area is 136 Å². The molecule has 0 aromatic heterocycles. The van der Waals surface area contributed by atoms with E-state index in [-0.39, 0.29) is 0 Å². The molecule has 0 radical (unpaired) electrons. The van der Waals surface area contributed by atoms with Gasteiger partial charge in [0.15, 0.2) is 0 Å². The van der Waals surface area contributed by atoms with Crippen LogP contribution in [0.15, 0.2) is 0 Å². The second-order valence-corrected chi connectivity index (χ2v) is 10.3. The van der Waals surface area contributed by atoms with Crippen molar-refractivity contribution in [1.29, 1.82) is 0 Å². The normalized spacial score (nSPS) is 15.4. The minimum atomic E-state index is -7.68. The molecule has 0 spiro atoms. The van der Waals surface area contributed by atoms with Gasteiger partial charge in [-0.15, -0.1) is 22.2 Å². The zero-order valence-corrected chi connectivity index (χ0v) is 13.4. The number of carbonyl (C=O) groups is 1. The fourth-order valence-electron chi connectivity index (χ4n) is 1.12. The summed E-state index contributed by atoms with van der Waals surface area (Å²) in [6, 6.07) is 0. The van der Waals surface area contributed by atoms with Gasteiger partial charge in [-0.3, -0.25) is 4.79 Å². The number of carbonyl (C=O) groups excluding carboxylic acids is 1. The van der Waals surface area contributed by atoms with Crippen molar-refractivity contribution in [3.63, 3.8) is 0 Å². The first-order valence-electron chi connectivity index (χ1n) is 5.36. The first-order chi connectivity index (χ1) is 10.2. The average Bonchev–Trinajstić information content (AvgIpc) is 2.36. The summed E-state index contributed by atoms with van der Waals surface area (Å²) in [6.07, 6.45) is -7.32. The molecule has 2 nitrogen and oxygen atoms in total. The Balaban J connectivity index is 6.25. The van der Waals surface area contributed by atoms with Crippen LogP contribution < -0.4 is 0 Å². The molecule has 0 aliphatic heterocycles. The van der Waals surface area contributed by atoms with Gasteiger partial charge in [-0.05, 0) is 6.92 Å². The van der Waals surface area contributed by atoms with Crippen molar-refractivity contribution in [2.24, 2.45) is 0 Å². The summed E-state index contributed by atoms with van der Waals surface area (Å²) in [4.78, 5) is 11.0. The van der Waals surface area contributed by atoms with E-state index in [4.69, 9.17) is 0 Å². The van der Waals surface area contributed by atoms with Crippen LogP contribution in [-0.2, 0) is 4.74 Å². The maximum atomic E-state index is 13.5. The number of ether oxygens (including phenoxy) is 1. The Morgan fingerprint density at radius 3 is 1.50 bits per heavy atom. The molecule has 0 saturated carbocycles. The van der Waals surface area contributed by atoms with Crippen molar-refractivity contribution in [3.05, 3.63) is 0 Å². The molecule has 144 valence electrons. The van der Waals surface area contributed by atoms with Gasteiger partial charge in [0, 0.05) is 0 Å². The molecule has 0 aliphatic rings. The number of hydrogen-bond acceptors (Lipinski definition) is 2. The molecule has 0 aliphatic carbocycles. The van der Waals surface area contributed by atoms with Crippen LogP contribution in [0, 0.1) is 0 Å². The van der Waals surface area contributed by atoms with Crippen LogP contribution in [0.3, 0.4) is 0 Å². The van der Waals surface area contributed by atoms with Gasteiger partial charge in [0.05, 0.1) is 6.61 Å². The molecular weight excluding hydrogens is 436 g/mol. The summed E-state index contributed by atoms with van der Waals surface area (Å²) in [6.45, 7) is -6.49. The smallest absolute Gasteiger partial charge is 0.460 e. The van der Waals surface area contributed by atoms with E-state index in [2.05, 4.69) is 26.9 Å². The quantitative estimate of drug-likeness (QED) is 0.318. The second-order valence-electron chi connectivity index (χ2n) is 4.09. The Morgan fingerprint density at radius 1 is 0.833 bits per heavy atom. The molecule has 0 saturated heterocycles. The minimum Gasteiger partial charge on any atom is -0.468 e. The Hall–Kier alpha value is -0.503. The molecule has 0 unspecified atom stereocenters. The third kappa shape index (κ3) is 3.16. The molecule has 16 heteroatoms. The van der Waals surface area contributed by atoms with Crippen molar-refractivity contribution in [3.8, 4) is 0 Å². The predicted octanol–water partition coefficient (Wildman–Crippen LogP) is 5.29. The predicted molar refractivity (Wildman–Crippen MR) is 60.3 cm³/mol. The lowest BCUT2D eigenvalue weighted by atomic mass is 10.0. The highest BCUT2D eigenvalue weighted by Crippen LogP contribution is 2.60. The summed E-state index contributed by atoms with van der Waals surface area (Å²) in [7, 11) is 0. The SMILES string of the molecule is CCOC(=O)[Si](Cl)(Cl)C(F)(F)C(F)(F)C(F)(F)C(F)(F)C(F)(F)F. The average molecular weight is 441 g/mol. The summed E-state index contributed by atoms with van der Waals surface area (Å²) in [5, 5.41) is 0. The van der Waals surface area contributed by atoms with Crippen LogP contribution in [-0.4, -0.2) is 48.4 Å². The van der Waals surface area contributed by atoms with Gasteiger partial charge in [-0.1, -0.05) is 0 Å². The van der Waals surface area contributed by atoms with Crippen LogP contribution >= 0.6 is 22.2 Å². The van der Waals surface area contributed by atoms with Crippen LogP contribution in [0.5, 0.6) is 0 Å². The lowest BCUT2D eigenvalue weighted by Gasteiger charge is -2.39. The fraction of sp³-hybridized carbons (Fsp3) is 0.875. The summed E-state index contributed by atoms with van der Waals surface area (Å²) < 4.78 is 144. The number of alkyl halides is 11. The highest BCUT2D eigenvalue weighted by molar-refractivity contribution is 7.58. The fourth-order valence-corrected chi connectivity index (χ4v) is 3.29. The maximum absolute atomic E-state index is 13.5. The molecular formula is C8H5Cl2F11O2Si. The van der Waals surface area contributed by atoms with Crippen LogP contribution in [0.1, 0.15) is 6.92 Å². The van der Waals surface area contributed by atoms with Crippen LogP contribution in [0.4, 0.5) is 53.1 Å². The Morgan fingerprint density at radius 2 is 1.21 bits per heavy atom. The molecule has 0 aromatic carbocycles. The number of hydrogen-bond donors (Lipinski definition) is 0. The Bertz CT molecular complexity index is 491. The maximum Gasteiger partial charge on any atom is 0.460 e. The summed E-state index contributed by atoms with van der Waals surface area (Å²) in [5.41, 5.74) is -9.17. The van der Waals surface area contributed by atoms with Gasteiger partial charge >= 0.3 is 41.8 Å². The third-order valence-corrected chi connectivity index (χ3v) is 6.57. The van der Waals surface area contributed by atoms with Crippen molar-refractivity contribution in [2.75, 3.05) is 6.61 Å². The lowest BCUT2D eigenvalue weighted by molar-refractivity contribution is -0.413. The first kappa shape index (κ1) is 23.5. The molecule has 0 fully saturated rings. The zero-order chi connectivity index (χ0) is 20.0. The topological polar surface area (TPSA) is 26.3 Å². The molecule has 0 aromatic rings. The van der Waals surface area contributed by atoms with Gasteiger partial charge in [-0.2, -0.15) is 39.5 Å². The van der Waals surface area contributed by atoms with Crippen molar-refractivity contribution < 1.29 is 57.8 Å². The lowest BCUT2D eigenvalue weighted by Crippen LogP contribution is -2.72. The highest BCUT2D eigenvalue weighted by atomic mass is 35.7. The van der Waals surface area contributed by atoms with Gasteiger partial charge in [0.1, 0.15) is 0 Å². The Kier molecular flexibility index (Phi) is 6.21. The first-order valence-corrected chi connectivity index (χ1v) is 9.38. The van der Waals surface area contributed by atoms with E-state index in [9.17, 15) is 53.1 Å². The molecule has 0 bridgehead atoms. The highest BCUT2D eigenvalue weighted by Gasteiger charge is 2.91. The van der Waals surface area contributed by atoms with Crippen LogP contribution in [0.2, 0.25) is 0 Å². The molecule has 0 N–H and O–H groups in total. The van der Waals surface area contributed by atoms with Crippen LogP contribution in [0.25, 0.3) is 0 Å². The largest absolute Gasteiger partial charge is 0.468 e. The van der Waals surface area contributed by atoms with E-state index in [1.165, 1.54) is 0 Å². The van der Waals surface area contributed by atoms with Gasteiger partial charge in [0.25, 0.3) is 0 Å².